The Bertz CT molecular complexity index is 1150. The van der Waals surface area contributed by atoms with Gasteiger partial charge in [0.05, 0.1) is 11.0 Å². The lowest BCUT2D eigenvalue weighted by Gasteiger charge is -2.21. The van der Waals surface area contributed by atoms with Crippen LogP contribution in [0.1, 0.15) is 77.8 Å². The highest BCUT2D eigenvalue weighted by Crippen LogP contribution is 2.16. The SMILES string of the molecule is C#C.C#C.C=C.C=C/C(C)=C\C(F)=C/C.CCCC(CCC)S(=O)(=O)CC(NC=O)C(=O)NCCCNCc1cccc(CC)c1. The highest BCUT2D eigenvalue weighted by Gasteiger charge is 2.30. The van der Waals surface area contributed by atoms with Gasteiger partial charge in [-0.05, 0) is 68.9 Å². The number of sulfone groups is 1. The molecular weight excluding hydrogens is 601 g/mol. The average Bonchev–Trinajstić information content (AvgIpc) is 3.08. The number of carbonyl (C=O) groups excluding carboxylic acids is 2. The van der Waals surface area contributed by atoms with Crippen LogP contribution in [-0.2, 0) is 32.4 Å². The predicted octanol–water partition coefficient (Wildman–Crippen LogP) is 6.64. The van der Waals surface area contributed by atoms with E-state index in [4.69, 9.17) is 0 Å². The van der Waals surface area contributed by atoms with E-state index in [1.165, 1.54) is 23.3 Å². The van der Waals surface area contributed by atoms with E-state index >= 15 is 0 Å². The normalized spacial score (nSPS) is 11.3. The van der Waals surface area contributed by atoms with Crippen molar-refractivity contribution in [2.45, 2.75) is 91.0 Å². The molecule has 0 bridgehead atoms. The van der Waals surface area contributed by atoms with Crippen molar-refractivity contribution in [1.29, 1.82) is 0 Å². The second-order valence-electron chi connectivity index (χ2n) is 9.63. The number of hydrogen-bond acceptors (Lipinski definition) is 5. The Hall–Kier alpha value is -3.92. The molecule has 0 aliphatic rings. The summed E-state index contributed by atoms with van der Waals surface area (Å²) in [6, 6.07) is 7.35. The Morgan fingerprint density at radius 1 is 1.02 bits per heavy atom. The molecule has 7 nitrogen and oxygen atoms in total. The van der Waals surface area contributed by atoms with Gasteiger partial charge in [-0.1, -0.05) is 76.6 Å². The van der Waals surface area contributed by atoms with Crippen LogP contribution in [0.25, 0.3) is 0 Å². The molecule has 258 valence electrons. The summed E-state index contributed by atoms with van der Waals surface area (Å²) in [4.78, 5) is 23.4. The Morgan fingerprint density at radius 2 is 1.59 bits per heavy atom. The van der Waals surface area contributed by atoms with Crippen molar-refractivity contribution < 1.29 is 22.4 Å². The largest absolute Gasteiger partial charge is 0.354 e. The minimum absolute atomic E-state index is 0.215. The number of nitrogens with one attached hydrogen (secondary N) is 3. The molecule has 1 unspecified atom stereocenters. The molecule has 0 spiro atoms. The van der Waals surface area contributed by atoms with Gasteiger partial charge >= 0.3 is 0 Å². The van der Waals surface area contributed by atoms with Gasteiger partial charge < -0.3 is 16.0 Å². The first-order valence-electron chi connectivity index (χ1n) is 15.3. The molecule has 0 aromatic heterocycles. The second kappa shape index (κ2) is 34.0. The Morgan fingerprint density at radius 3 is 2.07 bits per heavy atom. The minimum atomic E-state index is -3.48. The number of allylic oxidation sites excluding steroid dienone is 5. The number of amides is 2. The van der Waals surface area contributed by atoms with Gasteiger partial charge in [0.1, 0.15) is 11.9 Å². The molecule has 0 heterocycles. The van der Waals surface area contributed by atoms with Crippen LogP contribution < -0.4 is 16.0 Å². The van der Waals surface area contributed by atoms with Crippen molar-refractivity contribution in [3.8, 4) is 25.7 Å². The highest BCUT2D eigenvalue weighted by atomic mass is 32.2. The summed E-state index contributed by atoms with van der Waals surface area (Å²) in [5, 5.41) is 7.99. The van der Waals surface area contributed by atoms with E-state index in [2.05, 4.69) is 92.6 Å². The van der Waals surface area contributed by atoms with E-state index in [1.54, 1.807) is 19.9 Å². The molecular formula is C37H58FN3O4S. The van der Waals surface area contributed by atoms with E-state index in [1.807, 2.05) is 13.8 Å². The third-order valence-electron chi connectivity index (χ3n) is 6.24. The summed E-state index contributed by atoms with van der Waals surface area (Å²) in [6.07, 6.45) is 25.2. The van der Waals surface area contributed by atoms with Crippen LogP contribution >= 0.6 is 0 Å². The topological polar surface area (TPSA) is 104 Å². The van der Waals surface area contributed by atoms with Crippen molar-refractivity contribution in [3.63, 3.8) is 0 Å². The number of hydrogen-bond donors (Lipinski definition) is 3. The predicted molar refractivity (Wildman–Crippen MR) is 195 cm³/mol. The fourth-order valence-corrected chi connectivity index (χ4v) is 6.07. The molecule has 0 fully saturated rings. The van der Waals surface area contributed by atoms with Crippen LogP contribution in [0, 0.1) is 25.7 Å². The molecule has 0 radical (unpaired) electrons. The third-order valence-corrected chi connectivity index (χ3v) is 8.52. The molecule has 1 aromatic carbocycles. The number of rotatable bonds is 19. The second-order valence-corrected chi connectivity index (χ2v) is 12.0. The quantitative estimate of drug-likeness (QED) is 0.0508. The van der Waals surface area contributed by atoms with E-state index in [0.29, 0.717) is 32.2 Å². The van der Waals surface area contributed by atoms with E-state index in [-0.39, 0.29) is 11.6 Å². The van der Waals surface area contributed by atoms with Crippen molar-refractivity contribution in [2.24, 2.45) is 0 Å². The van der Waals surface area contributed by atoms with E-state index in [0.717, 1.165) is 37.9 Å². The lowest BCUT2D eigenvalue weighted by molar-refractivity contribution is -0.124. The summed E-state index contributed by atoms with van der Waals surface area (Å²) in [7, 11) is -3.48. The molecule has 1 rings (SSSR count). The van der Waals surface area contributed by atoms with Gasteiger partial charge in [0.2, 0.25) is 12.3 Å². The molecule has 3 N–H and O–H groups in total. The molecule has 46 heavy (non-hydrogen) atoms. The number of terminal acetylenes is 2. The number of carbonyl (C=O) groups is 2. The molecule has 0 saturated heterocycles. The van der Waals surface area contributed by atoms with Crippen LogP contribution in [0.2, 0.25) is 0 Å². The number of halogens is 1. The number of benzene rings is 1. The summed E-state index contributed by atoms with van der Waals surface area (Å²) in [6.45, 7) is 20.8. The van der Waals surface area contributed by atoms with E-state index in [9.17, 15) is 22.4 Å². The summed E-state index contributed by atoms with van der Waals surface area (Å²) >= 11 is 0. The Balaban J connectivity index is -0.000000494. The minimum Gasteiger partial charge on any atom is -0.354 e. The molecule has 1 atom stereocenters. The van der Waals surface area contributed by atoms with Gasteiger partial charge in [0, 0.05) is 13.1 Å². The molecule has 0 aliphatic carbocycles. The summed E-state index contributed by atoms with van der Waals surface area (Å²) in [5.41, 5.74) is 3.36. The van der Waals surface area contributed by atoms with Crippen molar-refractivity contribution in [3.05, 3.63) is 84.8 Å². The van der Waals surface area contributed by atoms with Crippen LogP contribution in [0.15, 0.2) is 73.6 Å². The zero-order valence-electron chi connectivity index (χ0n) is 28.7. The standard InChI is InChI=1S/C23H39N3O4S.C8H11F.C2H4.2C2H2/c1-4-9-21(10-5-2)31(29,30)17-22(26-18-27)23(28)25-14-8-13-24-16-20-12-7-11-19(6-3)15-20;1-4-7(3)6-8(9)5-2;3*1-2/h7,11-12,15,18,21-22,24H,4-6,8-10,13-14,16-17H2,1-3H3,(H,25,28)(H,26,27);4-6H,1H2,2-3H3;1-2H2;2*1-2H/b;7-6-,8-5+;;;. The zero-order valence-corrected chi connectivity index (χ0v) is 29.5. The molecule has 0 aliphatic heterocycles. The lowest BCUT2D eigenvalue weighted by atomic mass is 10.1. The fraction of sp³-hybridized carbons (Fsp3) is 0.459. The molecule has 1 aromatic rings. The summed E-state index contributed by atoms with van der Waals surface area (Å²) < 4.78 is 37.8. The number of aryl methyl sites for hydroxylation is 1. The van der Waals surface area contributed by atoms with Crippen LogP contribution in [0.4, 0.5) is 4.39 Å². The van der Waals surface area contributed by atoms with Crippen molar-refractivity contribution in [2.75, 3.05) is 18.8 Å². The third kappa shape index (κ3) is 25.4. The maximum atomic E-state index is 12.7. The zero-order chi connectivity index (χ0) is 36.4. The Kier molecular flexibility index (Phi) is 36.2. The van der Waals surface area contributed by atoms with Gasteiger partial charge in [0.15, 0.2) is 9.84 Å². The molecule has 2 amide bonds. The maximum absolute atomic E-state index is 12.7. The monoisotopic (exact) mass is 659 g/mol. The first kappa shape index (κ1) is 49.0. The molecule has 9 heteroatoms. The summed E-state index contributed by atoms with van der Waals surface area (Å²) in [5.74, 6) is -1.04. The fourth-order valence-electron chi connectivity index (χ4n) is 3.90. The van der Waals surface area contributed by atoms with Gasteiger partial charge in [-0.15, -0.1) is 38.9 Å². The van der Waals surface area contributed by atoms with Gasteiger partial charge in [-0.3, -0.25) is 9.59 Å². The van der Waals surface area contributed by atoms with Gasteiger partial charge in [-0.2, -0.15) is 0 Å². The average molecular weight is 660 g/mol. The lowest BCUT2D eigenvalue weighted by Crippen LogP contribution is -2.49. The van der Waals surface area contributed by atoms with Crippen molar-refractivity contribution >= 4 is 22.2 Å². The highest BCUT2D eigenvalue weighted by molar-refractivity contribution is 7.92. The van der Waals surface area contributed by atoms with Crippen LogP contribution in [-0.4, -0.2) is 50.9 Å². The first-order chi connectivity index (χ1) is 22.1. The van der Waals surface area contributed by atoms with Crippen LogP contribution in [0.3, 0.4) is 0 Å². The van der Waals surface area contributed by atoms with Crippen LogP contribution in [0.5, 0.6) is 0 Å². The first-order valence-corrected chi connectivity index (χ1v) is 17.1. The maximum Gasteiger partial charge on any atom is 0.243 e. The Labute approximate surface area is 280 Å². The van der Waals surface area contributed by atoms with Gasteiger partial charge in [0.25, 0.3) is 0 Å². The van der Waals surface area contributed by atoms with E-state index < -0.39 is 27.0 Å². The van der Waals surface area contributed by atoms with Crippen molar-refractivity contribution in [1.82, 2.24) is 16.0 Å². The smallest absolute Gasteiger partial charge is 0.243 e. The molecule has 0 saturated carbocycles. The van der Waals surface area contributed by atoms with Gasteiger partial charge in [-0.25, -0.2) is 12.8 Å².